The van der Waals surface area contributed by atoms with Crippen LogP contribution in [0.2, 0.25) is 0 Å². The van der Waals surface area contributed by atoms with Crippen molar-refractivity contribution in [2.24, 2.45) is 17.3 Å². The maximum atomic E-state index is 12.0. The van der Waals surface area contributed by atoms with Gasteiger partial charge in [-0.2, -0.15) is 0 Å². The van der Waals surface area contributed by atoms with Crippen molar-refractivity contribution < 1.29 is 4.79 Å². The van der Waals surface area contributed by atoms with Gasteiger partial charge in [-0.05, 0) is 44.1 Å². The Labute approximate surface area is 146 Å². The zero-order chi connectivity index (χ0) is 17.2. The van der Waals surface area contributed by atoms with Gasteiger partial charge in [0.1, 0.15) is 0 Å². The molecule has 0 spiro atoms. The summed E-state index contributed by atoms with van der Waals surface area (Å²) in [5.74, 6) is 1.66. The second-order valence-corrected chi connectivity index (χ2v) is 8.13. The van der Waals surface area contributed by atoms with E-state index in [0.717, 1.165) is 24.9 Å². The number of hydrogen-bond acceptors (Lipinski definition) is 3. The Bertz CT molecular complexity index is 557. The number of nitrogens with one attached hydrogen (secondary N) is 2. The van der Waals surface area contributed by atoms with Crippen LogP contribution < -0.4 is 10.6 Å². The highest BCUT2D eigenvalue weighted by Crippen LogP contribution is 2.39. The van der Waals surface area contributed by atoms with E-state index in [0.29, 0.717) is 6.04 Å². The van der Waals surface area contributed by atoms with E-state index in [-0.39, 0.29) is 11.3 Å². The smallest absolute Gasteiger partial charge is 0.226 e. The lowest BCUT2D eigenvalue weighted by Crippen LogP contribution is -2.46. The number of fused-ring (bicyclic) bond motifs is 1. The van der Waals surface area contributed by atoms with Gasteiger partial charge in [-0.3, -0.25) is 9.69 Å². The second-order valence-electron chi connectivity index (χ2n) is 8.13. The topological polar surface area (TPSA) is 44.4 Å². The Morgan fingerprint density at radius 1 is 1.21 bits per heavy atom. The van der Waals surface area contributed by atoms with Crippen LogP contribution in [0.25, 0.3) is 0 Å². The quantitative estimate of drug-likeness (QED) is 0.841. The molecular weight excluding hydrogens is 298 g/mol. The number of nitrogens with zero attached hydrogens (tertiary/aromatic N) is 1. The average molecular weight is 329 g/mol. The molecule has 1 aliphatic heterocycles. The number of benzene rings is 1. The maximum Gasteiger partial charge on any atom is 0.226 e. The van der Waals surface area contributed by atoms with E-state index < -0.39 is 0 Å². The fourth-order valence-electron chi connectivity index (χ4n) is 4.39. The highest BCUT2D eigenvalue weighted by Gasteiger charge is 2.42. The number of carbonyl (C=O) groups is 1. The molecule has 1 saturated heterocycles. The Morgan fingerprint density at radius 2 is 1.96 bits per heavy atom. The van der Waals surface area contributed by atoms with Gasteiger partial charge in [0.15, 0.2) is 0 Å². The SMILES string of the molecule is CNC(=O)C(C)(C)CN[C@@H]1CC[C@@H]2CN(Cc3ccccc3)C[C@@H]21. The van der Waals surface area contributed by atoms with E-state index in [1.54, 1.807) is 7.05 Å². The average Bonchev–Trinajstić information content (AvgIpc) is 3.13. The lowest BCUT2D eigenvalue weighted by atomic mass is 9.91. The maximum absolute atomic E-state index is 12.0. The van der Waals surface area contributed by atoms with E-state index in [2.05, 4.69) is 45.9 Å². The lowest BCUT2D eigenvalue weighted by Gasteiger charge is -2.28. The predicted octanol–water partition coefficient (Wildman–Crippen LogP) is 2.26. The highest BCUT2D eigenvalue weighted by atomic mass is 16.2. The molecule has 1 heterocycles. The van der Waals surface area contributed by atoms with Gasteiger partial charge in [0.25, 0.3) is 0 Å². The predicted molar refractivity (Wildman–Crippen MR) is 97.6 cm³/mol. The van der Waals surface area contributed by atoms with Gasteiger partial charge < -0.3 is 10.6 Å². The first-order valence-electron chi connectivity index (χ1n) is 9.21. The molecule has 2 N–H and O–H groups in total. The summed E-state index contributed by atoms with van der Waals surface area (Å²) >= 11 is 0. The van der Waals surface area contributed by atoms with Gasteiger partial charge in [-0.25, -0.2) is 0 Å². The molecular formula is C20H31N3O. The van der Waals surface area contributed by atoms with Crippen molar-refractivity contribution in [2.45, 2.75) is 39.3 Å². The van der Waals surface area contributed by atoms with Gasteiger partial charge >= 0.3 is 0 Å². The van der Waals surface area contributed by atoms with E-state index in [9.17, 15) is 4.79 Å². The van der Waals surface area contributed by atoms with Crippen molar-refractivity contribution in [1.82, 2.24) is 15.5 Å². The molecule has 132 valence electrons. The summed E-state index contributed by atoms with van der Waals surface area (Å²) in [5.41, 5.74) is 1.05. The zero-order valence-electron chi connectivity index (χ0n) is 15.2. The number of likely N-dealkylation sites (tertiary alicyclic amines) is 1. The van der Waals surface area contributed by atoms with Crippen molar-refractivity contribution in [3.63, 3.8) is 0 Å². The minimum atomic E-state index is -0.352. The molecule has 0 aromatic heterocycles. The third kappa shape index (κ3) is 3.81. The fraction of sp³-hybridized carbons (Fsp3) is 0.650. The first-order valence-corrected chi connectivity index (χ1v) is 9.21. The van der Waals surface area contributed by atoms with Gasteiger partial charge in [-0.15, -0.1) is 0 Å². The fourth-order valence-corrected chi connectivity index (χ4v) is 4.39. The molecule has 3 rings (SSSR count). The van der Waals surface area contributed by atoms with E-state index in [4.69, 9.17) is 0 Å². The van der Waals surface area contributed by atoms with Crippen LogP contribution in [0.15, 0.2) is 30.3 Å². The minimum Gasteiger partial charge on any atom is -0.359 e. The Morgan fingerprint density at radius 3 is 2.67 bits per heavy atom. The summed E-state index contributed by atoms with van der Waals surface area (Å²) in [6, 6.07) is 11.3. The molecule has 2 aliphatic rings. The van der Waals surface area contributed by atoms with Crippen LogP contribution in [-0.2, 0) is 11.3 Å². The van der Waals surface area contributed by atoms with Crippen LogP contribution in [-0.4, -0.2) is 43.5 Å². The molecule has 1 amide bonds. The minimum absolute atomic E-state index is 0.113. The van der Waals surface area contributed by atoms with Gasteiger partial charge in [0.05, 0.1) is 5.41 Å². The molecule has 3 atom stereocenters. The Hall–Kier alpha value is -1.39. The first kappa shape index (κ1) is 17.4. The second kappa shape index (κ2) is 7.24. The van der Waals surface area contributed by atoms with Gasteiger partial charge in [0.2, 0.25) is 5.91 Å². The lowest BCUT2D eigenvalue weighted by molar-refractivity contribution is -0.128. The monoisotopic (exact) mass is 329 g/mol. The van der Waals surface area contributed by atoms with Crippen LogP contribution in [0.5, 0.6) is 0 Å². The van der Waals surface area contributed by atoms with Gasteiger partial charge in [-0.1, -0.05) is 30.3 Å². The normalized spacial score (nSPS) is 27.2. The van der Waals surface area contributed by atoms with Crippen LogP contribution in [0.1, 0.15) is 32.3 Å². The van der Waals surface area contributed by atoms with Crippen molar-refractivity contribution >= 4 is 5.91 Å². The molecule has 4 heteroatoms. The molecule has 24 heavy (non-hydrogen) atoms. The zero-order valence-corrected chi connectivity index (χ0v) is 15.2. The molecule has 0 radical (unpaired) electrons. The van der Waals surface area contributed by atoms with Crippen molar-refractivity contribution in [3.8, 4) is 0 Å². The number of rotatable bonds is 6. The van der Waals surface area contributed by atoms with Crippen LogP contribution in [0, 0.1) is 17.3 Å². The largest absolute Gasteiger partial charge is 0.359 e. The van der Waals surface area contributed by atoms with Crippen molar-refractivity contribution in [1.29, 1.82) is 0 Å². The highest BCUT2D eigenvalue weighted by molar-refractivity contribution is 5.81. The molecule has 1 aromatic rings. The summed E-state index contributed by atoms with van der Waals surface area (Å²) in [6.45, 7) is 8.24. The van der Waals surface area contributed by atoms with Gasteiger partial charge in [0, 0.05) is 39.3 Å². The molecule has 1 aromatic carbocycles. The van der Waals surface area contributed by atoms with E-state index in [1.165, 1.54) is 31.5 Å². The van der Waals surface area contributed by atoms with Crippen LogP contribution in [0.3, 0.4) is 0 Å². The molecule has 0 bridgehead atoms. The van der Waals surface area contributed by atoms with E-state index >= 15 is 0 Å². The molecule has 2 fully saturated rings. The summed E-state index contributed by atoms with van der Waals surface area (Å²) in [6.07, 6.45) is 2.56. The molecule has 4 nitrogen and oxygen atoms in total. The van der Waals surface area contributed by atoms with Crippen molar-refractivity contribution in [2.75, 3.05) is 26.7 Å². The third-order valence-electron chi connectivity index (χ3n) is 5.83. The van der Waals surface area contributed by atoms with Crippen LogP contribution in [0.4, 0.5) is 0 Å². The summed E-state index contributed by atoms with van der Waals surface area (Å²) in [5, 5.41) is 6.48. The molecule has 1 aliphatic carbocycles. The number of hydrogen-bond donors (Lipinski definition) is 2. The third-order valence-corrected chi connectivity index (χ3v) is 5.83. The van der Waals surface area contributed by atoms with E-state index in [1.807, 2.05) is 13.8 Å². The number of carbonyl (C=O) groups excluding carboxylic acids is 1. The summed E-state index contributed by atoms with van der Waals surface area (Å²) in [4.78, 5) is 14.6. The van der Waals surface area contributed by atoms with Crippen molar-refractivity contribution in [3.05, 3.63) is 35.9 Å². The molecule has 0 unspecified atom stereocenters. The molecule has 1 saturated carbocycles. The standard InChI is InChI=1S/C20H31N3O/c1-20(2,19(24)21-3)14-22-18-10-9-16-12-23(13-17(16)18)11-15-7-5-4-6-8-15/h4-8,16-18,22H,9-14H2,1-3H3,(H,21,24)/t16-,17+,18-/m1/s1. The Balaban J connectivity index is 1.53. The summed E-state index contributed by atoms with van der Waals surface area (Å²) < 4.78 is 0. The first-order chi connectivity index (χ1) is 11.5. The van der Waals surface area contributed by atoms with Crippen LogP contribution >= 0.6 is 0 Å². The Kier molecular flexibility index (Phi) is 5.26. The number of amides is 1. The summed E-state index contributed by atoms with van der Waals surface area (Å²) in [7, 11) is 1.72.